The number of alkyl halides is 1. The van der Waals surface area contributed by atoms with Crippen LogP contribution in [0.4, 0.5) is 5.82 Å². The largest absolute Gasteiger partial charge is 0.355 e. The Hall–Kier alpha value is -0.620. The number of nitrogens with zero attached hydrogens (tertiary/aromatic N) is 2. The van der Waals surface area contributed by atoms with Gasteiger partial charge in [-0.1, -0.05) is 22.0 Å². The number of aromatic nitrogens is 1. The number of anilines is 1. The molecule has 100 valence electrons. The summed E-state index contributed by atoms with van der Waals surface area (Å²) in [7, 11) is -2.86. The second-order valence-corrected chi connectivity index (χ2v) is 7.47. The summed E-state index contributed by atoms with van der Waals surface area (Å²) >= 11 is 3.41. The van der Waals surface area contributed by atoms with E-state index in [-0.39, 0.29) is 5.75 Å². The normalized spacial score (nSPS) is 19.6. The quantitative estimate of drug-likeness (QED) is 0.776. The number of pyridine rings is 1. The Morgan fingerprint density at radius 3 is 2.83 bits per heavy atom. The van der Waals surface area contributed by atoms with Crippen LogP contribution in [0.1, 0.15) is 17.5 Å². The Morgan fingerprint density at radius 2 is 2.17 bits per heavy atom. The van der Waals surface area contributed by atoms with Gasteiger partial charge in [-0.2, -0.15) is 0 Å². The Labute approximate surface area is 116 Å². The maximum atomic E-state index is 11.6. The molecular formula is C12H17BrN2O2S. The smallest absolute Gasteiger partial charge is 0.152 e. The number of hydrogen-bond donors (Lipinski definition) is 0. The van der Waals surface area contributed by atoms with Crippen molar-refractivity contribution in [1.82, 2.24) is 4.98 Å². The van der Waals surface area contributed by atoms with Crippen LogP contribution in [-0.2, 0) is 15.2 Å². The fraction of sp³-hybridized carbons (Fsp3) is 0.583. The van der Waals surface area contributed by atoms with E-state index in [1.807, 2.05) is 13.1 Å². The third-order valence-corrected chi connectivity index (χ3v) is 5.48. The van der Waals surface area contributed by atoms with E-state index in [9.17, 15) is 8.42 Å². The average molecular weight is 333 g/mol. The monoisotopic (exact) mass is 332 g/mol. The van der Waals surface area contributed by atoms with Crippen molar-refractivity contribution in [2.45, 2.75) is 18.7 Å². The van der Waals surface area contributed by atoms with Crippen LogP contribution < -0.4 is 4.90 Å². The van der Waals surface area contributed by atoms with E-state index >= 15 is 0 Å². The van der Waals surface area contributed by atoms with Crippen molar-refractivity contribution in [3.63, 3.8) is 0 Å². The Bertz CT molecular complexity index is 531. The molecule has 0 spiro atoms. The number of sulfone groups is 1. The molecule has 1 fully saturated rings. The molecule has 0 aromatic carbocycles. The molecule has 0 N–H and O–H groups in total. The maximum Gasteiger partial charge on any atom is 0.152 e. The van der Waals surface area contributed by atoms with Crippen molar-refractivity contribution in [1.29, 1.82) is 0 Å². The minimum absolute atomic E-state index is 0.230. The van der Waals surface area contributed by atoms with Gasteiger partial charge in [0.25, 0.3) is 0 Å². The highest BCUT2D eigenvalue weighted by atomic mass is 79.9. The molecule has 0 radical (unpaired) electrons. The van der Waals surface area contributed by atoms with Gasteiger partial charge in [-0.15, -0.1) is 0 Å². The fourth-order valence-electron chi connectivity index (χ4n) is 2.18. The van der Waals surface area contributed by atoms with Crippen molar-refractivity contribution in [3.05, 3.63) is 23.4 Å². The summed E-state index contributed by atoms with van der Waals surface area (Å²) in [6.07, 6.45) is 2.53. The molecule has 2 rings (SSSR count). The van der Waals surface area contributed by atoms with Crippen LogP contribution >= 0.6 is 15.9 Å². The summed E-state index contributed by atoms with van der Waals surface area (Å²) in [6, 6.07) is 2.09. The van der Waals surface area contributed by atoms with Gasteiger partial charge in [0, 0.05) is 24.6 Å². The van der Waals surface area contributed by atoms with E-state index < -0.39 is 9.84 Å². The highest BCUT2D eigenvalue weighted by Crippen LogP contribution is 2.21. The second kappa shape index (κ2) is 5.57. The predicted octanol–water partition coefficient (Wildman–Crippen LogP) is 1.91. The van der Waals surface area contributed by atoms with E-state index in [4.69, 9.17) is 0 Å². The SMILES string of the molecule is Cc1cc(CBr)cnc1N1CCCS(=O)(=O)CC1. The highest BCUT2D eigenvalue weighted by molar-refractivity contribution is 9.08. The summed E-state index contributed by atoms with van der Waals surface area (Å²) in [6.45, 7) is 3.33. The Kier molecular flexibility index (Phi) is 4.27. The molecule has 0 atom stereocenters. The van der Waals surface area contributed by atoms with Crippen molar-refractivity contribution < 1.29 is 8.42 Å². The zero-order valence-corrected chi connectivity index (χ0v) is 12.8. The minimum Gasteiger partial charge on any atom is -0.355 e. The van der Waals surface area contributed by atoms with Crippen LogP contribution in [0, 0.1) is 6.92 Å². The first-order chi connectivity index (χ1) is 8.52. The number of rotatable bonds is 2. The van der Waals surface area contributed by atoms with Crippen LogP contribution in [0.2, 0.25) is 0 Å². The van der Waals surface area contributed by atoms with E-state index in [2.05, 4.69) is 31.9 Å². The van der Waals surface area contributed by atoms with Crippen LogP contribution in [0.25, 0.3) is 0 Å². The fourth-order valence-corrected chi connectivity index (χ4v) is 3.76. The van der Waals surface area contributed by atoms with Gasteiger partial charge in [-0.25, -0.2) is 13.4 Å². The minimum atomic E-state index is -2.86. The van der Waals surface area contributed by atoms with E-state index in [0.717, 1.165) is 28.8 Å². The first kappa shape index (κ1) is 13.8. The van der Waals surface area contributed by atoms with E-state index in [0.29, 0.717) is 18.7 Å². The third-order valence-electron chi connectivity index (χ3n) is 3.12. The molecule has 1 aromatic rings. The molecule has 0 bridgehead atoms. The average Bonchev–Trinajstić information content (AvgIpc) is 2.50. The summed E-state index contributed by atoms with van der Waals surface area (Å²) < 4.78 is 23.2. The number of halogens is 1. The lowest BCUT2D eigenvalue weighted by molar-refractivity contribution is 0.597. The first-order valence-electron chi connectivity index (χ1n) is 5.99. The van der Waals surface area contributed by atoms with Gasteiger partial charge < -0.3 is 4.90 Å². The molecule has 1 aliphatic rings. The van der Waals surface area contributed by atoms with Crippen molar-refractivity contribution >= 4 is 31.6 Å². The van der Waals surface area contributed by atoms with Gasteiger partial charge in [0.15, 0.2) is 9.84 Å². The summed E-state index contributed by atoms with van der Waals surface area (Å²) in [5, 5.41) is 0.787. The van der Waals surface area contributed by atoms with Crippen LogP contribution in [0.3, 0.4) is 0 Å². The van der Waals surface area contributed by atoms with Gasteiger partial charge in [0.05, 0.1) is 11.5 Å². The lowest BCUT2D eigenvalue weighted by Gasteiger charge is -2.22. The molecule has 0 aliphatic carbocycles. The molecule has 0 unspecified atom stereocenters. The van der Waals surface area contributed by atoms with Crippen molar-refractivity contribution in [2.75, 3.05) is 29.5 Å². The first-order valence-corrected chi connectivity index (χ1v) is 8.93. The molecule has 2 heterocycles. The maximum absolute atomic E-state index is 11.6. The summed E-state index contributed by atoms with van der Waals surface area (Å²) in [5.41, 5.74) is 2.24. The topological polar surface area (TPSA) is 50.3 Å². The van der Waals surface area contributed by atoms with E-state index in [1.54, 1.807) is 0 Å². The van der Waals surface area contributed by atoms with Gasteiger partial charge in [0.1, 0.15) is 5.82 Å². The Balaban J connectivity index is 2.21. The van der Waals surface area contributed by atoms with Gasteiger partial charge >= 0.3 is 0 Å². The van der Waals surface area contributed by atoms with Crippen molar-refractivity contribution in [3.8, 4) is 0 Å². The van der Waals surface area contributed by atoms with Crippen LogP contribution in [0.15, 0.2) is 12.3 Å². The molecule has 18 heavy (non-hydrogen) atoms. The molecule has 0 amide bonds. The molecule has 1 aliphatic heterocycles. The molecule has 6 heteroatoms. The number of aryl methyl sites for hydroxylation is 1. The number of hydrogen-bond acceptors (Lipinski definition) is 4. The standard InChI is InChI=1S/C12H17BrN2O2S/c1-10-7-11(8-13)9-14-12(10)15-3-2-5-18(16,17)6-4-15/h7,9H,2-6,8H2,1H3. The highest BCUT2D eigenvalue weighted by Gasteiger charge is 2.20. The zero-order chi connectivity index (χ0) is 13.2. The predicted molar refractivity (Wildman–Crippen MR) is 77.1 cm³/mol. The summed E-state index contributed by atoms with van der Waals surface area (Å²) in [4.78, 5) is 6.54. The van der Waals surface area contributed by atoms with Crippen LogP contribution in [-0.4, -0.2) is 38.0 Å². The van der Waals surface area contributed by atoms with Gasteiger partial charge in [-0.3, -0.25) is 0 Å². The van der Waals surface area contributed by atoms with Crippen molar-refractivity contribution in [2.24, 2.45) is 0 Å². The van der Waals surface area contributed by atoms with Gasteiger partial charge in [0.2, 0.25) is 0 Å². The third kappa shape index (κ3) is 3.23. The molecule has 4 nitrogen and oxygen atoms in total. The Morgan fingerprint density at radius 1 is 1.39 bits per heavy atom. The molecule has 1 saturated heterocycles. The molecule has 1 aromatic heterocycles. The lowest BCUT2D eigenvalue weighted by Crippen LogP contribution is -2.28. The summed E-state index contributed by atoms with van der Waals surface area (Å²) in [5.74, 6) is 1.44. The molecule has 0 saturated carbocycles. The van der Waals surface area contributed by atoms with Crippen LogP contribution in [0.5, 0.6) is 0 Å². The lowest BCUT2D eigenvalue weighted by atomic mass is 10.2. The zero-order valence-electron chi connectivity index (χ0n) is 10.4. The second-order valence-electron chi connectivity index (χ2n) is 4.61. The molecular weight excluding hydrogens is 316 g/mol. The van der Waals surface area contributed by atoms with E-state index in [1.165, 1.54) is 0 Å². The van der Waals surface area contributed by atoms with Gasteiger partial charge in [-0.05, 0) is 24.5 Å².